The Morgan fingerprint density at radius 3 is 2.67 bits per heavy atom. The van der Waals surface area contributed by atoms with Crippen LogP contribution in [0.5, 0.6) is 5.75 Å². The highest BCUT2D eigenvalue weighted by molar-refractivity contribution is 7.13. The monoisotopic (exact) mass is 302 g/mol. The molecule has 0 atom stereocenters. The molecule has 0 unspecified atom stereocenters. The Balaban J connectivity index is 1.71. The lowest BCUT2D eigenvalue weighted by Gasteiger charge is -2.09. The summed E-state index contributed by atoms with van der Waals surface area (Å²) in [6.07, 6.45) is 4.58. The number of carbonyl (C=O) groups is 1. The van der Waals surface area contributed by atoms with Gasteiger partial charge in [-0.3, -0.25) is 4.79 Å². The number of thiazole rings is 1. The van der Waals surface area contributed by atoms with Crippen molar-refractivity contribution < 1.29 is 9.53 Å². The molecular formula is C16H18N2O2S. The largest absolute Gasteiger partial charge is 0.497 e. The zero-order chi connectivity index (χ0) is 14.7. The first-order valence-electron chi connectivity index (χ1n) is 7.17. The standard InChI is InChI=1S/C16H18N2O2S/c1-20-13-8-6-11(7-9-13)16-18-14(10-21-16)15(19)17-12-4-2-3-5-12/h6-10,12H,2-5H2,1H3,(H,17,19). The number of nitrogens with one attached hydrogen (secondary N) is 1. The summed E-state index contributed by atoms with van der Waals surface area (Å²) in [4.78, 5) is 16.6. The average molecular weight is 302 g/mol. The lowest BCUT2D eigenvalue weighted by Crippen LogP contribution is -2.32. The molecule has 1 aromatic heterocycles. The van der Waals surface area contributed by atoms with Gasteiger partial charge in [-0.15, -0.1) is 11.3 Å². The van der Waals surface area contributed by atoms with Crippen molar-refractivity contribution in [1.29, 1.82) is 0 Å². The van der Waals surface area contributed by atoms with Crippen LogP contribution in [0.25, 0.3) is 10.6 Å². The zero-order valence-electron chi connectivity index (χ0n) is 12.0. The van der Waals surface area contributed by atoms with Crippen molar-refractivity contribution in [1.82, 2.24) is 10.3 Å². The van der Waals surface area contributed by atoms with E-state index in [9.17, 15) is 4.79 Å². The maximum Gasteiger partial charge on any atom is 0.270 e. The van der Waals surface area contributed by atoms with Crippen molar-refractivity contribution in [2.75, 3.05) is 7.11 Å². The number of rotatable bonds is 4. The molecule has 1 aliphatic carbocycles. The Morgan fingerprint density at radius 1 is 1.29 bits per heavy atom. The molecule has 21 heavy (non-hydrogen) atoms. The summed E-state index contributed by atoms with van der Waals surface area (Å²) in [7, 11) is 1.64. The fourth-order valence-corrected chi connectivity index (χ4v) is 3.38. The predicted molar refractivity (Wildman–Crippen MR) is 83.8 cm³/mol. The van der Waals surface area contributed by atoms with Crippen molar-refractivity contribution in [3.8, 4) is 16.3 Å². The van der Waals surface area contributed by atoms with Crippen LogP contribution in [0.2, 0.25) is 0 Å². The third-order valence-electron chi connectivity index (χ3n) is 3.76. The van der Waals surface area contributed by atoms with Crippen LogP contribution in [0.3, 0.4) is 0 Å². The molecule has 1 heterocycles. The molecule has 4 nitrogen and oxygen atoms in total. The number of nitrogens with zero attached hydrogens (tertiary/aromatic N) is 1. The minimum Gasteiger partial charge on any atom is -0.497 e. The van der Waals surface area contributed by atoms with Crippen LogP contribution in [0, 0.1) is 0 Å². The SMILES string of the molecule is COc1ccc(-c2nc(C(=O)NC3CCCC3)cs2)cc1. The van der Waals surface area contributed by atoms with Crippen molar-refractivity contribution in [2.45, 2.75) is 31.7 Å². The molecule has 1 aromatic carbocycles. The Bertz CT molecular complexity index is 615. The summed E-state index contributed by atoms with van der Waals surface area (Å²) in [5.74, 6) is 0.757. The van der Waals surface area contributed by atoms with Gasteiger partial charge in [-0.1, -0.05) is 12.8 Å². The summed E-state index contributed by atoms with van der Waals surface area (Å²) in [5, 5.41) is 5.74. The molecule has 2 aromatic rings. The van der Waals surface area contributed by atoms with E-state index >= 15 is 0 Å². The molecule has 1 aliphatic rings. The highest BCUT2D eigenvalue weighted by Gasteiger charge is 2.19. The second-order valence-electron chi connectivity index (χ2n) is 5.22. The summed E-state index contributed by atoms with van der Waals surface area (Å²) in [6.45, 7) is 0. The van der Waals surface area contributed by atoms with Crippen LogP contribution in [-0.2, 0) is 0 Å². The molecule has 1 N–H and O–H groups in total. The average Bonchev–Trinajstić information content (AvgIpc) is 3.18. The predicted octanol–water partition coefficient (Wildman–Crippen LogP) is 3.49. The number of ether oxygens (including phenoxy) is 1. The Hall–Kier alpha value is -1.88. The summed E-state index contributed by atoms with van der Waals surface area (Å²) >= 11 is 1.49. The first kappa shape index (κ1) is 14.1. The van der Waals surface area contributed by atoms with Gasteiger partial charge in [-0.05, 0) is 37.1 Å². The highest BCUT2D eigenvalue weighted by atomic mass is 32.1. The third kappa shape index (κ3) is 3.24. The fraction of sp³-hybridized carbons (Fsp3) is 0.375. The van der Waals surface area contributed by atoms with Gasteiger partial charge < -0.3 is 10.1 Å². The summed E-state index contributed by atoms with van der Waals surface area (Å²) in [5.41, 5.74) is 1.51. The molecule has 1 fully saturated rings. The number of amides is 1. The summed E-state index contributed by atoms with van der Waals surface area (Å²) < 4.78 is 5.14. The normalized spacial score (nSPS) is 15.1. The molecule has 1 amide bonds. The number of methoxy groups -OCH3 is 1. The van der Waals surface area contributed by atoms with E-state index in [0.717, 1.165) is 29.2 Å². The van der Waals surface area contributed by atoms with Crippen LogP contribution in [0.4, 0.5) is 0 Å². The van der Waals surface area contributed by atoms with Gasteiger partial charge in [0.25, 0.3) is 5.91 Å². The molecule has 3 rings (SSSR count). The highest BCUT2D eigenvalue weighted by Crippen LogP contribution is 2.26. The van der Waals surface area contributed by atoms with E-state index in [-0.39, 0.29) is 5.91 Å². The minimum atomic E-state index is -0.0575. The van der Waals surface area contributed by atoms with E-state index in [2.05, 4.69) is 10.3 Å². The molecule has 0 saturated heterocycles. The van der Waals surface area contributed by atoms with Gasteiger partial charge in [0.15, 0.2) is 0 Å². The molecule has 0 radical (unpaired) electrons. The van der Waals surface area contributed by atoms with Gasteiger partial charge >= 0.3 is 0 Å². The number of hydrogen-bond acceptors (Lipinski definition) is 4. The van der Waals surface area contributed by atoms with Crippen molar-refractivity contribution >= 4 is 17.2 Å². The van der Waals surface area contributed by atoms with E-state index in [1.807, 2.05) is 29.6 Å². The van der Waals surface area contributed by atoms with Crippen LogP contribution < -0.4 is 10.1 Å². The van der Waals surface area contributed by atoms with E-state index in [1.54, 1.807) is 7.11 Å². The lowest BCUT2D eigenvalue weighted by atomic mass is 10.2. The zero-order valence-corrected chi connectivity index (χ0v) is 12.8. The molecule has 1 saturated carbocycles. The fourth-order valence-electron chi connectivity index (χ4n) is 2.57. The van der Waals surface area contributed by atoms with Crippen LogP contribution in [-0.4, -0.2) is 24.0 Å². The van der Waals surface area contributed by atoms with E-state index in [4.69, 9.17) is 4.74 Å². The quantitative estimate of drug-likeness (QED) is 0.940. The molecular weight excluding hydrogens is 284 g/mol. The van der Waals surface area contributed by atoms with Crippen molar-refractivity contribution in [3.05, 3.63) is 35.3 Å². The van der Waals surface area contributed by atoms with Gasteiger partial charge in [0, 0.05) is 17.0 Å². The number of benzene rings is 1. The first-order chi connectivity index (χ1) is 10.3. The maximum absolute atomic E-state index is 12.2. The smallest absolute Gasteiger partial charge is 0.270 e. The van der Waals surface area contributed by atoms with Gasteiger partial charge in [0.2, 0.25) is 0 Å². The maximum atomic E-state index is 12.2. The van der Waals surface area contributed by atoms with Gasteiger partial charge in [-0.2, -0.15) is 0 Å². The van der Waals surface area contributed by atoms with Crippen LogP contribution in [0.15, 0.2) is 29.6 Å². The van der Waals surface area contributed by atoms with Gasteiger partial charge in [-0.25, -0.2) is 4.98 Å². The second kappa shape index (κ2) is 6.26. The Morgan fingerprint density at radius 2 is 2.00 bits per heavy atom. The Labute approximate surface area is 128 Å². The topological polar surface area (TPSA) is 51.2 Å². The molecule has 0 bridgehead atoms. The van der Waals surface area contributed by atoms with Crippen LogP contribution >= 0.6 is 11.3 Å². The lowest BCUT2D eigenvalue weighted by molar-refractivity contribution is 0.0933. The molecule has 0 aliphatic heterocycles. The van der Waals surface area contributed by atoms with E-state index in [1.165, 1.54) is 24.2 Å². The molecule has 110 valence electrons. The first-order valence-corrected chi connectivity index (χ1v) is 8.05. The third-order valence-corrected chi connectivity index (χ3v) is 4.66. The Kier molecular flexibility index (Phi) is 4.20. The van der Waals surface area contributed by atoms with Gasteiger partial charge in [0.05, 0.1) is 7.11 Å². The van der Waals surface area contributed by atoms with Crippen molar-refractivity contribution in [3.63, 3.8) is 0 Å². The van der Waals surface area contributed by atoms with E-state index < -0.39 is 0 Å². The van der Waals surface area contributed by atoms with Crippen LogP contribution in [0.1, 0.15) is 36.2 Å². The number of aromatic nitrogens is 1. The number of carbonyl (C=O) groups excluding carboxylic acids is 1. The minimum absolute atomic E-state index is 0.0575. The van der Waals surface area contributed by atoms with Crippen molar-refractivity contribution in [2.24, 2.45) is 0 Å². The molecule has 5 heteroatoms. The van der Waals surface area contributed by atoms with Gasteiger partial charge in [0.1, 0.15) is 16.5 Å². The summed E-state index contributed by atoms with van der Waals surface area (Å²) in [6, 6.07) is 8.03. The second-order valence-corrected chi connectivity index (χ2v) is 6.08. The van der Waals surface area contributed by atoms with E-state index in [0.29, 0.717) is 11.7 Å². The molecule has 0 spiro atoms. The number of hydrogen-bond donors (Lipinski definition) is 1.